The van der Waals surface area contributed by atoms with Gasteiger partial charge >= 0.3 is 0 Å². The van der Waals surface area contributed by atoms with Crippen molar-refractivity contribution in [2.24, 2.45) is 0 Å². The molecule has 19 heavy (non-hydrogen) atoms. The molecule has 3 heteroatoms. The molecule has 0 saturated heterocycles. The van der Waals surface area contributed by atoms with Crippen LogP contribution in [0.25, 0.3) is 0 Å². The van der Waals surface area contributed by atoms with E-state index in [0.29, 0.717) is 12.6 Å². The molecule has 0 saturated carbocycles. The van der Waals surface area contributed by atoms with Crippen LogP contribution in [0.15, 0.2) is 48.7 Å². The average Bonchev–Trinajstić information content (AvgIpc) is 2.89. The van der Waals surface area contributed by atoms with E-state index < -0.39 is 0 Å². The molecule has 0 spiro atoms. The number of nitrogens with one attached hydrogen (secondary N) is 1. The van der Waals surface area contributed by atoms with Crippen LogP contribution in [0.4, 0.5) is 0 Å². The van der Waals surface area contributed by atoms with Crippen molar-refractivity contribution in [2.75, 3.05) is 13.2 Å². The minimum Gasteiger partial charge on any atom is -0.492 e. The van der Waals surface area contributed by atoms with Crippen molar-refractivity contribution in [1.29, 1.82) is 0 Å². The molecule has 1 atom stereocenters. The summed E-state index contributed by atoms with van der Waals surface area (Å²) in [6.45, 7) is 6.85. The number of benzene rings is 1. The molecule has 2 aromatic rings. The fraction of sp³-hybridized carbons (Fsp3) is 0.375. The lowest BCUT2D eigenvalue weighted by molar-refractivity contribution is 0.295. The second-order valence-electron chi connectivity index (χ2n) is 4.57. The molecule has 0 bridgehead atoms. The smallest absolute Gasteiger partial charge is 0.119 e. The highest BCUT2D eigenvalue weighted by Crippen LogP contribution is 2.14. The largest absolute Gasteiger partial charge is 0.492 e. The van der Waals surface area contributed by atoms with Crippen LogP contribution < -0.4 is 10.1 Å². The second kappa shape index (κ2) is 7.00. The van der Waals surface area contributed by atoms with E-state index in [1.807, 2.05) is 30.3 Å². The van der Waals surface area contributed by atoms with Crippen molar-refractivity contribution in [3.63, 3.8) is 0 Å². The van der Waals surface area contributed by atoms with Crippen molar-refractivity contribution >= 4 is 0 Å². The molecule has 1 aromatic carbocycles. The van der Waals surface area contributed by atoms with E-state index in [4.69, 9.17) is 4.74 Å². The molecule has 1 unspecified atom stereocenters. The summed E-state index contributed by atoms with van der Waals surface area (Å²) in [5, 5.41) is 3.43. The van der Waals surface area contributed by atoms with E-state index in [1.54, 1.807) is 0 Å². The minimum absolute atomic E-state index is 0.372. The highest BCUT2D eigenvalue weighted by molar-refractivity contribution is 5.20. The third-order valence-corrected chi connectivity index (χ3v) is 3.16. The van der Waals surface area contributed by atoms with Crippen molar-refractivity contribution in [2.45, 2.75) is 26.4 Å². The zero-order valence-electron chi connectivity index (χ0n) is 11.7. The molecule has 0 aliphatic carbocycles. The van der Waals surface area contributed by atoms with Gasteiger partial charge in [0.05, 0.1) is 6.54 Å². The minimum atomic E-state index is 0.372. The van der Waals surface area contributed by atoms with Crippen LogP contribution in [0.1, 0.15) is 25.6 Å². The number of nitrogens with zero attached hydrogens (tertiary/aromatic N) is 1. The Morgan fingerprint density at radius 2 is 1.95 bits per heavy atom. The molecule has 0 fully saturated rings. The lowest BCUT2D eigenvalue weighted by atomic mass is 10.2. The first-order valence-corrected chi connectivity index (χ1v) is 6.87. The molecule has 0 aliphatic heterocycles. The normalized spacial score (nSPS) is 12.3. The summed E-state index contributed by atoms with van der Waals surface area (Å²) in [7, 11) is 0. The van der Waals surface area contributed by atoms with Crippen LogP contribution in [0.3, 0.4) is 0 Å². The van der Waals surface area contributed by atoms with Gasteiger partial charge in [0.2, 0.25) is 0 Å². The topological polar surface area (TPSA) is 26.2 Å². The number of ether oxygens (including phenoxy) is 1. The van der Waals surface area contributed by atoms with E-state index in [1.165, 1.54) is 5.69 Å². The Balaban J connectivity index is 1.88. The Bertz CT molecular complexity index is 479. The maximum atomic E-state index is 5.73. The second-order valence-corrected chi connectivity index (χ2v) is 4.57. The van der Waals surface area contributed by atoms with E-state index in [0.717, 1.165) is 18.8 Å². The van der Waals surface area contributed by atoms with Crippen LogP contribution in [0, 0.1) is 0 Å². The standard InChI is InChI=1S/C16H22N2O/c1-3-17-14(2)16-10-7-11-18(16)12-13-19-15-8-5-4-6-9-15/h4-11,14,17H,3,12-13H2,1-2H3. The molecule has 3 nitrogen and oxygen atoms in total. The van der Waals surface area contributed by atoms with Gasteiger partial charge in [-0.25, -0.2) is 0 Å². The van der Waals surface area contributed by atoms with Crippen LogP contribution in [0.5, 0.6) is 5.75 Å². The summed E-state index contributed by atoms with van der Waals surface area (Å²) in [6, 6.07) is 14.6. The van der Waals surface area contributed by atoms with Crippen LogP contribution >= 0.6 is 0 Å². The molecular formula is C16H22N2O. The summed E-state index contributed by atoms with van der Waals surface area (Å²) < 4.78 is 7.98. The Labute approximate surface area is 115 Å². The molecule has 102 valence electrons. The first-order chi connectivity index (χ1) is 9.31. The van der Waals surface area contributed by atoms with E-state index in [-0.39, 0.29) is 0 Å². The van der Waals surface area contributed by atoms with E-state index in [9.17, 15) is 0 Å². The molecule has 1 N–H and O–H groups in total. The van der Waals surface area contributed by atoms with Crippen molar-refractivity contribution in [3.8, 4) is 5.75 Å². The van der Waals surface area contributed by atoms with Crippen molar-refractivity contribution in [3.05, 3.63) is 54.4 Å². The van der Waals surface area contributed by atoms with Crippen LogP contribution in [-0.2, 0) is 6.54 Å². The molecular weight excluding hydrogens is 236 g/mol. The third kappa shape index (κ3) is 3.86. The fourth-order valence-corrected chi connectivity index (χ4v) is 2.21. The van der Waals surface area contributed by atoms with Gasteiger partial charge in [0.25, 0.3) is 0 Å². The summed E-state index contributed by atoms with van der Waals surface area (Å²) >= 11 is 0. The van der Waals surface area contributed by atoms with Gasteiger partial charge in [-0.15, -0.1) is 0 Å². The number of aromatic nitrogens is 1. The third-order valence-electron chi connectivity index (χ3n) is 3.16. The highest BCUT2D eigenvalue weighted by atomic mass is 16.5. The first-order valence-electron chi connectivity index (χ1n) is 6.87. The summed E-state index contributed by atoms with van der Waals surface area (Å²) in [5.41, 5.74) is 1.30. The Morgan fingerprint density at radius 1 is 1.16 bits per heavy atom. The molecule has 1 heterocycles. The maximum Gasteiger partial charge on any atom is 0.119 e. The monoisotopic (exact) mass is 258 g/mol. The lowest BCUT2D eigenvalue weighted by Gasteiger charge is -2.16. The van der Waals surface area contributed by atoms with Gasteiger partial charge in [-0.05, 0) is 37.7 Å². The van der Waals surface area contributed by atoms with Crippen molar-refractivity contribution < 1.29 is 4.74 Å². The van der Waals surface area contributed by atoms with Crippen LogP contribution in [0.2, 0.25) is 0 Å². The van der Waals surface area contributed by atoms with Crippen molar-refractivity contribution in [1.82, 2.24) is 9.88 Å². The number of rotatable bonds is 7. The quantitative estimate of drug-likeness (QED) is 0.825. The van der Waals surface area contributed by atoms with Gasteiger partial charge in [0, 0.05) is 17.9 Å². The highest BCUT2D eigenvalue weighted by Gasteiger charge is 2.08. The SMILES string of the molecule is CCNC(C)c1cccn1CCOc1ccccc1. The van der Waals surface area contributed by atoms with Crippen LogP contribution in [-0.4, -0.2) is 17.7 Å². The number of para-hydroxylation sites is 1. The Hall–Kier alpha value is -1.74. The lowest BCUT2D eigenvalue weighted by Crippen LogP contribution is -2.21. The van der Waals surface area contributed by atoms with Gasteiger partial charge in [-0.3, -0.25) is 0 Å². The van der Waals surface area contributed by atoms with Gasteiger partial charge in [0.15, 0.2) is 0 Å². The average molecular weight is 258 g/mol. The van der Waals surface area contributed by atoms with E-state index in [2.05, 4.69) is 42.1 Å². The molecule has 0 radical (unpaired) electrons. The van der Waals surface area contributed by atoms with Gasteiger partial charge < -0.3 is 14.6 Å². The Morgan fingerprint density at radius 3 is 2.68 bits per heavy atom. The molecule has 1 aromatic heterocycles. The summed E-state index contributed by atoms with van der Waals surface area (Å²) in [4.78, 5) is 0. The number of hydrogen-bond acceptors (Lipinski definition) is 2. The van der Waals surface area contributed by atoms with Gasteiger partial charge in [-0.2, -0.15) is 0 Å². The maximum absolute atomic E-state index is 5.73. The molecule has 2 rings (SSSR count). The first kappa shape index (κ1) is 13.7. The molecule has 0 aliphatic rings. The van der Waals surface area contributed by atoms with Gasteiger partial charge in [-0.1, -0.05) is 25.1 Å². The number of hydrogen-bond donors (Lipinski definition) is 1. The fourth-order valence-electron chi connectivity index (χ4n) is 2.21. The summed E-state index contributed by atoms with van der Waals surface area (Å²) in [6.07, 6.45) is 2.11. The predicted molar refractivity (Wildman–Crippen MR) is 78.5 cm³/mol. The summed E-state index contributed by atoms with van der Waals surface area (Å²) in [5.74, 6) is 0.927. The zero-order chi connectivity index (χ0) is 13.5. The predicted octanol–water partition coefficient (Wildman–Crippen LogP) is 3.24. The zero-order valence-corrected chi connectivity index (χ0v) is 11.7. The Kier molecular flexibility index (Phi) is 5.04. The van der Waals surface area contributed by atoms with E-state index >= 15 is 0 Å². The molecule has 0 amide bonds. The van der Waals surface area contributed by atoms with Gasteiger partial charge in [0.1, 0.15) is 12.4 Å².